The fraction of sp³-hybridized carbons (Fsp3) is 0.357. The van der Waals surface area contributed by atoms with Crippen LogP contribution in [0.15, 0.2) is 28.8 Å². The summed E-state index contributed by atoms with van der Waals surface area (Å²) in [5.74, 6) is 0.112. The molecular formula is C14H15FN2O3. The zero-order valence-corrected chi connectivity index (χ0v) is 11.3. The summed E-state index contributed by atoms with van der Waals surface area (Å²) in [6.07, 6.45) is 0.134. The van der Waals surface area contributed by atoms with Gasteiger partial charge in [0.15, 0.2) is 11.9 Å². The highest BCUT2D eigenvalue weighted by Gasteiger charge is 2.17. The van der Waals surface area contributed by atoms with E-state index in [1.165, 1.54) is 12.1 Å². The van der Waals surface area contributed by atoms with E-state index in [2.05, 4.69) is 10.1 Å². The van der Waals surface area contributed by atoms with Crippen LogP contribution in [0.4, 0.5) is 4.39 Å². The van der Waals surface area contributed by atoms with E-state index in [9.17, 15) is 9.18 Å². The van der Waals surface area contributed by atoms with E-state index in [1.54, 1.807) is 26.0 Å². The van der Waals surface area contributed by atoms with Gasteiger partial charge in [0.25, 0.3) is 5.89 Å². The van der Waals surface area contributed by atoms with Crippen LogP contribution in [0.3, 0.4) is 0 Å². The molecule has 0 saturated heterocycles. The number of nitrogens with zero attached hydrogens (tertiary/aromatic N) is 2. The monoisotopic (exact) mass is 278 g/mol. The normalized spacial score (nSPS) is 12.2. The van der Waals surface area contributed by atoms with Crippen LogP contribution in [0.5, 0.6) is 0 Å². The molecule has 2 aromatic rings. The van der Waals surface area contributed by atoms with Crippen LogP contribution in [-0.4, -0.2) is 16.1 Å². The van der Waals surface area contributed by atoms with Crippen LogP contribution in [0.2, 0.25) is 0 Å². The van der Waals surface area contributed by atoms with Gasteiger partial charge >= 0.3 is 5.97 Å². The lowest BCUT2D eigenvalue weighted by molar-refractivity contribution is -0.149. The summed E-state index contributed by atoms with van der Waals surface area (Å²) in [6, 6.07) is 6.02. The average molecular weight is 278 g/mol. The number of carbonyl (C=O) groups excluding carboxylic acids is 1. The van der Waals surface area contributed by atoms with Crippen molar-refractivity contribution in [3.8, 4) is 0 Å². The number of aryl methyl sites for hydroxylation is 2. The van der Waals surface area contributed by atoms with Gasteiger partial charge in [0.2, 0.25) is 0 Å². The SMILES string of the molecule is Cc1noc(C(C)OC(=O)CCc2ccc(F)cc2)n1. The number of carbonyl (C=O) groups is 1. The Bertz CT molecular complexity index is 580. The van der Waals surface area contributed by atoms with Crippen LogP contribution in [0.25, 0.3) is 0 Å². The van der Waals surface area contributed by atoms with Crippen LogP contribution in [-0.2, 0) is 16.0 Å². The van der Waals surface area contributed by atoms with Gasteiger partial charge in [0, 0.05) is 6.42 Å². The Morgan fingerprint density at radius 2 is 2.10 bits per heavy atom. The van der Waals surface area contributed by atoms with E-state index in [-0.39, 0.29) is 24.1 Å². The van der Waals surface area contributed by atoms with Crippen molar-refractivity contribution in [3.63, 3.8) is 0 Å². The van der Waals surface area contributed by atoms with Gasteiger partial charge in [-0.25, -0.2) is 4.39 Å². The molecule has 106 valence electrons. The third kappa shape index (κ3) is 3.88. The average Bonchev–Trinajstić information content (AvgIpc) is 2.85. The molecular weight excluding hydrogens is 263 g/mol. The van der Waals surface area contributed by atoms with E-state index >= 15 is 0 Å². The third-order valence-corrected chi connectivity index (χ3v) is 2.73. The minimum atomic E-state index is -0.572. The number of esters is 1. The molecule has 1 unspecified atom stereocenters. The number of benzene rings is 1. The lowest BCUT2D eigenvalue weighted by atomic mass is 10.1. The van der Waals surface area contributed by atoms with Gasteiger partial charge in [0.1, 0.15) is 5.82 Å². The Morgan fingerprint density at radius 3 is 2.70 bits per heavy atom. The summed E-state index contributed by atoms with van der Waals surface area (Å²) < 4.78 is 22.8. The first-order chi connectivity index (χ1) is 9.54. The summed E-state index contributed by atoms with van der Waals surface area (Å²) in [5.41, 5.74) is 0.879. The molecule has 0 spiro atoms. The molecule has 2 rings (SSSR count). The van der Waals surface area contributed by atoms with Crippen molar-refractivity contribution < 1.29 is 18.4 Å². The molecule has 1 aromatic carbocycles. The van der Waals surface area contributed by atoms with Crippen LogP contribution >= 0.6 is 0 Å². The van der Waals surface area contributed by atoms with Crippen LogP contribution < -0.4 is 0 Å². The molecule has 1 heterocycles. The second-order valence-electron chi connectivity index (χ2n) is 4.44. The summed E-state index contributed by atoms with van der Waals surface area (Å²) in [6.45, 7) is 3.36. The first kappa shape index (κ1) is 14.2. The largest absolute Gasteiger partial charge is 0.453 e. The van der Waals surface area contributed by atoms with Gasteiger partial charge in [-0.2, -0.15) is 4.98 Å². The Balaban J connectivity index is 1.82. The zero-order valence-electron chi connectivity index (χ0n) is 11.3. The summed E-state index contributed by atoms with van der Waals surface area (Å²) >= 11 is 0. The van der Waals surface area contributed by atoms with Crippen molar-refractivity contribution in [2.45, 2.75) is 32.8 Å². The van der Waals surface area contributed by atoms with E-state index in [0.29, 0.717) is 12.2 Å². The molecule has 5 nitrogen and oxygen atoms in total. The quantitative estimate of drug-likeness (QED) is 0.787. The van der Waals surface area contributed by atoms with Gasteiger partial charge in [-0.05, 0) is 38.0 Å². The van der Waals surface area contributed by atoms with E-state index in [1.807, 2.05) is 0 Å². The fourth-order valence-electron chi connectivity index (χ4n) is 1.68. The smallest absolute Gasteiger partial charge is 0.306 e. The molecule has 1 aromatic heterocycles. The van der Waals surface area contributed by atoms with Gasteiger partial charge in [-0.15, -0.1) is 0 Å². The number of ether oxygens (including phenoxy) is 1. The predicted molar refractivity (Wildman–Crippen MR) is 68.3 cm³/mol. The lowest BCUT2D eigenvalue weighted by Crippen LogP contribution is -2.10. The highest BCUT2D eigenvalue weighted by atomic mass is 19.1. The summed E-state index contributed by atoms with van der Waals surface area (Å²) in [4.78, 5) is 15.7. The number of rotatable bonds is 5. The number of aromatic nitrogens is 2. The number of hydrogen-bond donors (Lipinski definition) is 0. The van der Waals surface area contributed by atoms with Gasteiger partial charge in [-0.3, -0.25) is 4.79 Å². The lowest BCUT2D eigenvalue weighted by Gasteiger charge is -2.09. The van der Waals surface area contributed by atoms with Gasteiger partial charge in [-0.1, -0.05) is 17.3 Å². The molecule has 0 bridgehead atoms. The predicted octanol–water partition coefficient (Wildman–Crippen LogP) is 2.75. The molecule has 0 aliphatic heterocycles. The Labute approximate surface area is 115 Å². The third-order valence-electron chi connectivity index (χ3n) is 2.73. The van der Waals surface area contributed by atoms with Gasteiger partial charge in [0.05, 0.1) is 0 Å². The maximum atomic E-state index is 12.7. The van der Waals surface area contributed by atoms with Crippen molar-refractivity contribution in [1.82, 2.24) is 10.1 Å². The van der Waals surface area contributed by atoms with Crippen molar-refractivity contribution in [1.29, 1.82) is 0 Å². The first-order valence-electron chi connectivity index (χ1n) is 6.28. The molecule has 6 heteroatoms. The minimum absolute atomic E-state index is 0.211. The van der Waals surface area contributed by atoms with Crippen molar-refractivity contribution in [2.24, 2.45) is 0 Å². The number of hydrogen-bond acceptors (Lipinski definition) is 5. The van der Waals surface area contributed by atoms with E-state index in [4.69, 9.17) is 9.26 Å². The standard InChI is InChI=1S/C14H15FN2O3/c1-9(14-16-10(2)17-20-14)19-13(18)8-5-11-3-6-12(15)7-4-11/h3-4,6-7,9H,5,8H2,1-2H3. The molecule has 0 N–H and O–H groups in total. The van der Waals surface area contributed by atoms with Gasteiger partial charge < -0.3 is 9.26 Å². The van der Waals surface area contributed by atoms with E-state index in [0.717, 1.165) is 5.56 Å². The maximum Gasteiger partial charge on any atom is 0.306 e. The molecule has 20 heavy (non-hydrogen) atoms. The topological polar surface area (TPSA) is 65.2 Å². The highest BCUT2D eigenvalue weighted by molar-refractivity contribution is 5.69. The summed E-state index contributed by atoms with van der Waals surface area (Å²) in [5, 5.41) is 3.63. The van der Waals surface area contributed by atoms with Crippen LogP contribution in [0, 0.1) is 12.7 Å². The Morgan fingerprint density at radius 1 is 1.40 bits per heavy atom. The molecule has 0 aliphatic carbocycles. The summed E-state index contributed by atoms with van der Waals surface area (Å²) in [7, 11) is 0. The van der Waals surface area contributed by atoms with Crippen LogP contribution in [0.1, 0.15) is 36.7 Å². The molecule has 0 amide bonds. The molecule has 0 radical (unpaired) electrons. The van der Waals surface area contributed by atoms with Crippen molar-refractivity contribution in [3.05, 3.63) is 47.4 Å². The fourth-order valence-corrected chi connectivity index (χ4v) is 1.68. The Kier molecular flexibility index (Phi) is 4.45. The molecule has 0 fully saturated rings. The Hall–Kier alpha value is -2.24. The van der Waals surface area contributed by atoms with Crippen molar-refractivity contribution in [2.75, 3.05) is 0 Å². The second kappa shape index (κ2) is 6.27. The highest BCUT2D eigenvalue weighted by Crippen LogP contribution is 2.15. The first-order valence-corrected chi connectivity index (χ1v) is 6.28. The zero-order chi connectivity index (χ0) is 14.5. The molecule has 1 atom stereocenters. The molecule has 0 saturated carbocycles. The second-order valence-corrected chi connectivity index (χ2v) is 4.44. The minimum Gasteiger partial charge on any atom is -0.453 e. The van der Waals surface area contributed by atoms with E-state index < -0.39 is 6.10 Å². The molecule has 0 aliphatic rings. The maximum absolute atomic E-state index is 12.7. The number of halogens is 1. The van der Waals surface area contributed by atoms with Crippen molar-refractivity contribution >= 4 is 5.97 Å².